The van der Waals surface area contributed by atoms with E-state index in [1.165, 1.54) is 19.5 Å². The predicted molar refractivity (Wildman–Crippen MR) is 93.3 cm³/mol. The van der Waals surface area contributed by atoms with Crippen molar-refractivity contribution < 1.29 is 0 Å². The lowest BCUT2D eigenvalue weighted by atomic mass is 10.2. The fourth-order valence-electron chi connectivity index (χ4n) is 4.06. The van der Waals surface area contributed by atoms with Crippen LogP contribution in [0.4, 0.5) is 5.95 Å². The number of H-pyrrole nitrogens is 1. The van der Waals surface area contributed by atoms with Gasteiger partial charge in [0.2, 0.25) is 5.95 Å². The van der Waals surface area contributed by atoms with Crippen molar-refractivity contribution in [3.63, 3.8) is 0 Å². The van der Waals surface area contributed by atoms with Crippen molar-refractivity contribution in [2.75, 3.05) is 38.5 Å². The molecular formula is C16H25N7O. The summed E-state index contributed by atoms with van der Waals surface area (Å²) < 4.78 is 1.76. The second-order valence-corrected chi connectivity index (χ2v) is 6.87. The number of nitrogens with one attached hydrogen (secondary N) is 2. The summed E-state index contributed by atoms with van der Waals surface area (Å²) in [4.78, 5) is 28.7. The Bertz CT molecular complexity index is 780. The fourth-order valence-corrected chi connectivity index (χ4v) is 4.06. The number of aromatic nitrogens is 4. The molecule has 2 saturated heterocycles. The second kappa shape index (κ2) is 6.18. The quantitative estimate of drug-likeness (QED) is 0.794. The van der Waals surface area contributed by atoms with Crippen LogP contribution in [0.5, 0.6) is 0 Å². The molecule has 2 atom stereocenters. The molecule has 2 N–H and O–H groups in total. The lowest BCUT2D eigenvalue weighted by molar-refractivity contribution is 0.147. The normalized spacial score (nSPS) is 24.2. The smallest absolute Gasteiger partial charge is 0.327 e. The molecule has 0 amide bonds. The average Bonchev–Trinajstić information content (AvgIpc) is 3.20. The summed E-state index contributed by atoms with van der Waals surface area (Å²) in [6.45, 7) is 6.84. The number of anilines is 1. The number of aromatic amines is 1. The third-order valence-electron chi connectivity index (χ3n) is 5.32. The molecule has 8 heteroatoms. The largest absolute Gasteiger partial charge is 0.354 e. The molecule has 4 heterocycles. The summed E-state index contributed by atoms with van der Waals surface area (Å²) in [5.41, 5.74) is 1.28. The molecule has 2 aliphatic heterocycles. The molecule has 4 rings (SSSR count). The number of imidazole rings is 1. The first-order valence-corrected chi connectivity index (χ1v) is 8.79. The van der Waals surface area contributed by atoms with E-state index in [1.54, 1.807) is 10.8 Å². The summed E-state index contributed by atoms with van der Waals surface area (Å²) >= 11 is 0. The van der Waals surface area contributed by atoms with Crippen LogP contribution in [0.25, 0.3) is 11.2 Å². The zero-order chi connectivity index (χ0) is 16.7. The lowest BCUT2D eigenvalue weighted by Crippen LogP contribution is -2.44. The first-order valence-electron chi connectivity index (χ1n) is 8.79. The van der Waals surface area contributed by atoms with Gasteiger partial charge in [0.25, 0.3) is 0 Å². The highest BCUT2D eigenvalue weighted by atomic mass is 16.1. The molecule has 8 nitrogen and oxygen atoms in total. The van der Waals surface area contributed by atoms with Crippen molar-refractivity contribution in [1.82, 2.24) is 29.3 Å². The van der Waals surface area contributed by atoms with Crippen LogP contribution in [0.3, 0.4) is 0 Å². The molecule has 0 aliphatic carbocycles. The number of fused-ring (bicyclic) bond motifs is 3. The van der Waals surface area contributed by atoms with Crippen LogP contribution in [0.15, 0.2) is 11.0 Å². The van der Waals surface area contributed by atoms with Crippen molar-refractivity contribution >= 4 is 17.1 Å². The Kier molecular flexibility index (Phi) is 4.01. The number of hydrogen-bond donors (Lipinski definition) is 2. The summed E-state index contributed by atoms with van der Waals surface area (Å²) in [5.74, 6) is 0.551. The minimum Gasteiger partial charge on any atom is -0.354 e. The summed E-state index contributed by atoms with van der Waals surface area (Å²) in [5, 5.41) is 3.06. The van der Waals surface area contributed by atoms with E-state index in [0.717, 1.165) is 31.1 Å². The van der Waals surface area contributed by atoms with Crippen LogP contribution >= 0.6 is 0 Å². The molecule has 2 bridgehead atoms. The molecule has 0 aromatic carbocycles. The molecule has 2 aromatic heterocycles. The zero-order valence-electron chi connectivity index (χ0n) is 14.3. The van der Waals surface area contributed by atoms with E-state index < -0.39 is 0 Å². The van der Waals surface area contributed by atoms with Gasteiger partial charge in [-0.15, -0.1) is 0 Å². The monoisotopic (exact) mass is 331 g/mol. The van der Waals surface area contributed by atoms with E-state index in [-0.39, 0.29) is 5.69 Å². The Morgan fingerprint density at radius 1 is 1.33 bits per heavy atom. The van der Waals surface area contributed by atoms with Gasteiger partial charge in [-0.1, -0.05) is 0 Å². The second-order valence-electron chi connectivity index (χ2n) is 6.87. The van der Waals surface area contributed by atoms with Crippen LogP contribution in [-0.2, 0) is 6.54 Å². The van der Waals surface area contributed by atoms with Gasteiger partial charge in [0.1, 0.15) is 5.52 Å². The van der Waals surface area contributed by atoms with Crippen LogP contribution in [0.1, 0.15) is 19.8 Å². The minimum atomic E-state index is -0.101. The van der Waals surface area contributed by atoms with Crippen LogP contribution in [0, 0.1) is 0 Å². The van der Waals surface area contributed by atoms with E-state index in [9.17, 15) is 4.79 Å². The van der Waals surface area contributed by atoms with E-state index in [0.29, 0.717) is 24.2 Å². The third-order valence-corrected chi connectivity index (χ3v) is 5.32. The Balaban J connectivity index is 1.41. The summed E-state index contributed by atoms with van der Waals surface area (Å²) in [6, 6.07) is 1.43. The highest BCUT2D eigenvalue weighted by molar-refractivity contribution is 5.70. The van der Waals surface area contributed by atoms with Gasteiger partial charge in [-0.05, 0) is 26.8 Å². The van der Waals surface area contributed by atoms with Gasteiger partial charge >= 0.3 is 5.69 Å². The third kappa shape index (κ3) is 2.69. The highest BCUT2D eigenvalue weighted by Crippen LogP contribution is 2.29. The van der Waals surface area contributed by atoms with Gasteiger partial charge in [-0.3, -0.25) is 14.5 Å². The highest BCUT2D eigenvalue weighted by Gasteiger charge is 2.40. The molecule has 24 heavy (non-hydrogen) atoms. The van der Waals surface area contributed by atoms with E-state index in [2.05, 4.69) is 37.1 Å². The van der Waals surface area contributed by atoms with Crippen molar-refractivity contribution in [3.05, 3.63) is 16.7 Å². The Morgan fingerprint density at radius 2 is 2.21 bits per heavy atom. The van der Waals surface area contributed by atoms with Gasteiger partial charge in [0.15, 0.2) is 5.65 Å². The number of aryl methyl sites for hydroxylation is 1. The van der Waals surface area contributed by atoms with Gasteiger partial charge in [0.05, 0.1) is 6.20 Å². The van der Waals surface area contributed by atoms with Gasteiger partial charge in [0, 0.05) is 44.8 Å². The van der Waals surface area contributed by atoms with E-state index in [1.807, 2.05) is 6.92 Å². The van der Waals surface area contributed by atoms with Crippen molar-refractivity contribution in [1.29, 1.82) is 0 Å². The molecule has 0 saturated carbocycles. The van der Waals surface area contributed by atoms with Gasteiger partial charge in [-0.25, -0.2) is 9.78 Å². The molecule has 0 spiro atoms. The number of piperazine rings is 1. The molecular weight excluding hydrogens is 306 g/mol. The van der Waals surface area contributed by atoms with Gasteiger partial charge in [-0.2, -0.15) is 4.98 Å². The van der Waals surface area contributed by atoms with Crippen LogP contribution in [0.2, 0.25) is 0 Å². The number of rotatable bonds is 6. The van der Waals surface area contributed by atoms with Crippen molar-refractivity contribution in [2.45, 2.75) is 38.4 Å². The van der Waals surface area contributed by atoms with Crippen LogP contribution in [-0.4, -0.2) is 74.6 Å². The number of nitrogens with zero attached hydrogens (tertiary/aromatic N) is 5. The minimum absolute atomic E-state index is 0.101. The zero-order valence-corrected chi connectivity index (χ0v) is 14.3. The van der Waals surface area contributed by atoms with Crippen molar-refractivity contribution in [2.24, 2.45) is 0 Å². The fraction of sp³-hybridized carbons (Fsp3) is 0.688. The first kappa shape index (κ1) is 15.6. The molecule has 0 radical (unpaired) electrons. The Labute approximate surface area is 140 Å². The Morgan fingerprint density at radius 3 is 2.92 bits per heavy atom. The van der Waals surface area contributed by atoms with Crippen LogP contribution < -0.4 is 11.0 Å². The molecule has 130 valence electrons. The summed E-state index contributed by atoms with van der Waals surface area (Å²) in [7, 11) is 2.22. The maximum Gasteiger partial charge on any atom is 0.327 e. The molecule has 2 aromatic rings. The number of likely N-dealkylation sites (tertiary alicyclic amines) is 2. The summed E-state index contributed by atoms with van der Waals surface area (Å²) in [6.07, 6.45) is 3.99. The maximum atomic E-state index is 12.2. The van der Waals surface area contributed by atoms with E-state index in [4.69, 9.17) is 0 Å². The standard InChI is InChI=1S/C16H25N7O/c1-3-17-15-18-8-13-14(19-15)20-16(24)23(13)6-4-5-22-10-11-7-12(22)9-21(11)2/h8,11-12H,3-7,9-10H2,1-2H3,(H2,17,18,19,20,24). The van der Waals surface area contributed by atoms with E-state index >= 15 is 0 Å². The predicted octanol–water partition coefficient (Wildman–Crippen LogP) is 0.330. The average molecular weight is 331 g/mol. The molecule has 2 fully saturated rings. The number of likely N-dealkylation sites (N-methyl/N-ethyl adjacent to an activating group) is 1. The van der Waals surface area contributed by atoms with Gasteiger partial charge < -0.3 is 10.2 Å². The SMILES string of the molecule is CCNc1ncc2c(n1)[nH]c(=O)n2CCCN1CC2CC1CN2C. The number of hydrogen-bond acceptors (Lipinski definition) is 6. The lowest BCUT2D eigenvalue weighted by Gasteiger charge is -2.31. The van der Waals surface area contributed by atoms with Crippen molar-refractivity contribution in [3.8, 4) is 0 Å². The topological polar surface area (TPSA) is 82.1 Å². The molecule has 2 aliphatic rings. The Hall–Kier alpha value is -1.93. The first-order chi connectivity index (χ1) is 11.7. The maximum absolute atomic E-state index is 12.2. The molecule has 2 unspecified atom stereocenters.